The first kappa shape index (κ1) is 20.5. The third kappa shape index (κ3) is 10.1. The van der Waals surface area contributed by atoms with E-state index in [0.29, 0.717) is 0 Å². The number of rotatable bonds is 0. The van der Waals surface area contributed by atoms with Gasteiger partial charge in [-0.25, -0.2) is 0 Å². The summed E-state index contributed by atoms with van der Waals surface area (Å²) in [4.78, 5) is 0. The lowest BCUT2D eigenvalue weighted by molar-refractivity contribution is 0.568. The summed E-state index contributed by atoms with van der Waals surface area (Å²) in [6, 6.07) is 0. The van der Waals surface area contributed by atoms with Gasteiger partial charge in [0.15, 0.2) is 0 Å². The summed E-state index contributed by atoms with van der Waals surface area (Å²) in [5, 5.41) is 0. The quantitative estimate of drug-likeness (QED) is 0.386. The highest BCUT2D eigenvalue weighted by Crippen LogP contribution is 2.27. The minimum atomic E-state index is 1.23. The Morgan fingerprint density at radius 2 is 0.840 bits per heavy atom. The van der Waals surface area contributed by atoms with E-state index in [0.717, 1.165) is 0 Å². The van der Waals surface area contributed by atoms with Crippen molar-refractivity contribution in [2.75, 3.05) is 0 Å². The third-order valence-corrected chi connectivity index (χ3v) is 6.01. The Morgan fingerprint density at radius 3 is 1.48 bits per heavy atom. The molecule has 0 saturated heterocycles. The van der Waals surface area contributed by atoms with Gasteiger partial charge in [0.25, 0.3) is 0 Å². The summed E-state index contributed by atoms with van der Waals surface area (Å²) in [6.45, 7) is 0. The van der Waals surface area contributed by atoms with E-state index in [1.165, 1.54) is 122 Å². The number of hydrogen-bond donors (Lipinski definition) is 0. The average molecular weight is 343 g/mol. The van der Waals surface area contributed by atoms with Crippen LogP contribution in [0.5, 0.6) is 0 Å². The summed E-state index contributed by atoms with van der Waals surface area (Å²) in [7, 11) is 0. The van der Waals surface area contributed by atoms with Crippen molar-refractivity contribution in [2.45, 2.75) is 122 Å². The van der Waals surface area contributed by atoms with Gasteiger partial charge in [-0.15, -0.1) is 0 Å². The molecule has 0 N–H and O–H groups in total. The van der Waals surface area contributed by atoms with Crippen molar-refractivity contribution in [2.24, 2.45) is 0 Å². The SMILES string of the molecule is C1=CC/C2=C(/CCCCCCC/C=C\CC2)CCCCCCCCC1. The zero-order valence-electron chi connectivity index (χ0n) is 16.7. The molecule has 2 rings (SSSR count). The van der Waals surface area contributed by atoms with E-state index in [4.69, 9.17) is 0 Å². The molecular weight excluding hydrogens is 300 g/mol. The van der Waals surface area contributed by atoms with Gasteiger partial charge >= 0.3 is 0 Å². The number of hydrogen-bond acceptors (Lipinski definition) is 0. The van der Waals surface area contributed by atoms with Crippen LogP contribution in [0.4, 0.5) is 0 Å². The molecule has 2 aliphatic carbocycles. The molecule has 2 aliphatic rings. The van der Waals surface area contributed by atoms with Crippen molar-refractivity contribution in [3.63, 3.8) is 0 Å². The van der Waals surface area contributed by atoms with Crippen molar-refractivity contribution in [1.82, 2.24) is 0 Å². The largest absolute Gasteiger partial charge is 0.0885 e. The third-order valence-electron chi connectivity index (χ3n) is 6.01. The first-order valence-corrected chi connectivity index (χ1v) is 11.5. The van der Waals surface area contributed by atoms with Gasteiger partial charge in [-0.3, -0.25) is 0 Å². The second-order valence-corrected chi connectivity index (χ2v) is 8.21. The highest BCUT2D eigenvalue weighted by atomic mass is 14.1. The molecule has 142 valence electrons. The van der Waals surface area contributed by atoms with Gasteiger partial charge in [0.1, 0.15) is 0 Å². The minimum absolute atomic E-state index is 1.23. The van der Waals surface area contributed by atoms with Crippen molar-refractivity contribution in [1.29, 1.82) is 0 Å². The highest BCUT2D eigenvalue weighted by Gasteiger charge is 2.07. The van der Waals surface area contributed by atoms with E-state index < -0.39 is 0 Å². The number of allylic oxidation sites excluding steroid dienone is 6. The van der Waals surface area contributed by atoms with Gasteiger partial charge in [-0.05, 0) is 70.6 Å². The molecule has 0 aliphatic heterocycles. The molecule has 0 heterocycles. The molecule has 0 aromatic heterocycles. The molecular formula is C25H42. The molecule has 0 radical (unpaired) electrons. The maximum absolute atomic E-state index is 2.49. The smallest absolute Gasteiger partial charge is 0.0136 e. The Labute approximate surface area is 157 Å². The second-order valence-electron chi connectivity index (χ2n) is 8.21. The molecule has 0 heteroatoms. The lowest BCUT2D eigenvalue weighted by Crippen LogP contribution is -1.95. The van der Waals surface area contributed by atoms with Crippen LogP contribution in [0.2, 0.25) is 0 Å². The van der Waals surface area contributed by atoms with Crippen molar-refractivity contribution >= 4 is 0 Å². The molecule has 0 saturated carbocycles. The summed E-state index contributed by atoms with van der Waals surface area (Å²) < 4.78 is 0. The van der Waals surface area contributed by atoms with E-state index >= 15 is 0 Å². The van der Waals surface area contributed by atoms with Gasteiger partial charge < -0.3 is 0 Å². The summed E-state index contributed by atoms with van der Waals surface area (Å²) >= 11 is 0. The van der Waals surface area contributed by atoms with Gasteiger partial charge in [0.2, 0.25) is 0 Å². The lowest BCUT2D eigenvalue weighted by Gasteiger charge is -2.15. The van der Waals surface area contributed by atoms with Gasteiger partial charge in [0, 0.05) is 0 Å². The Kier molecular flexibility index (Phi) is 11.8. The average Bonchev–Trinajstić information content (AvgIpc) is 2.64. The van der Waals surface area contributed by atoms with Crippen molar-refractivity contribution in [3.05, 3.63) is 35.5 Å². The van der Waals surface area contributed by atoms with E-state index in [1.807, 2.05) is 5.57 Å². The monoisotopic (exact) mass is 342 g/mol. The molecule has 0 nitrogen and oxygen atoms in total. The summed E-state index contributed by atoms with van der Waals surface area (Å²) in [5.74, 6) is 0. The Hall–Kier alpha value is -0.780. The maximum atomic E-state index is 2.49. The minimum Gasteiger partial charge on any atom is -0.0885 e. The highest BCUT2D eigenvalue weighted by molar-refractivity contribution is 5.18. The molecule has 0 spiro atoms. The van der Waals surface area contributed by atoms with Crippen molar-refractivity contribution < 1.29 is 0 Å². The van der Waals surface area contributed by atoms with Crippen LogP contribution in [0.3, 0.4) is 0 Å². The summed E-state index contributed by atoms with van der Waals surface area (Å²) in [6.07, 6.45) is 36.2. The van der Waals surface area contributed by atoms with Crippen LogP contribution >= 0.6 is 0 Å². The van der Waals surface area contributed by atoms with Crippen LogP contribution in [0.25, 0.3) is 0 Å². The fourth-order valence-electron chi connectivity index (χ4n) is 4.35. The topological polar surface area (TPSA) is 0 Å². The van der Waals surface area contributed by atoms with Crippen LogP contribution in [0, 0.1) is 0 Å². The van der Waals surface area contributed by atoms with Crippen LogP contribution in [-0.2, 0) is 0 Å². The van der Waals surface area contributed by atoms with E-state index in [9.17, 15) is 0 Å². The fourth-order valence-corrected chi connectivity index (χ4v) is 4.35. The summed E-state index contributed by atoms with van der Waals surface area (Å²) in [5.41, 5.74) is 3.63. The van der Waals surface area contributed by atoms with Gasteiger partial charge in [-0.1, -0.05) is 86.8 Å². The Bertz CT molecular complexity index is 410. The molecule has 0 aromatic rings. The molecule has 0 unspecified atom stereocenters. The zero-order valence-corrected chi connectivity index (χ0v) is 16.7. The predicted octanol–water partition coefficient (Wildman–Crippen LogP) is 8.83. The molecule has 0 atom stereocenters. The molecule has 0 aromatic carbocycles. The van der Waals surface area contributed by atoms with Gasteiger partial charge in [-0.2, -0.15) is 0 Å². The maximum Gasteiger partial charge on any atom is -0.0136 e. The standard InChI is InChI=1S/C25H42/c1-2-5-9-13-17-21-25-23-19-15-11-7-3-6-10-14-18-22-24(25)20-16-12-8-4-1/h10,12,14,16H,1-9,11,13,15,17-23H2/b14-10-,16-12?,25-24-. The van der Waals surface area contributed by atoms with Crippen LogP contribution in [-0.4, -0.2) is 0 Å². The second kappa shape index (κ2) is 14.4. The molecule has 25 heavy (non-hydrogen) atoms. The molecule has 0 bridgehead atoms. The Balaban J connectivity index is 2.03. The zero-order chi connectivity index (χ0) is 17.4. The molecule has 0 amide bonds. The lowest BCUT2D eigenvalue weighted by atomic mass is 9.91. The van der Waals surface area contributed by atoms with E-state index in [2.05, 4.69) is 24.3 Å². The van der Waals surface area contributed by atoms with E-state index in [-0.39, 0.29) is 0 Å². The first-order chi connectivity index (χ1) is 12.5. The molecule has 0 fully saturated rings. The van der Waals surface area contributed by atoms with Crippen LogP contribution in [0.15, 0.2) is 35.5 Å². The Morgan fingerprint density at radius 1 is 0.360 bits per heavy atom. The van der Waals surface area contributed by atoms with Crippen LogP contribution in [0.1, 0.15) is 122 Å². The van der Waals surface area contributed by atoms with Crippen LogP contribution < -0.4 is 0 Å². The van der Waals surface area contributed by atoms with E-state index in [1.54, 1.807) is 5.57 Å². The normalized spacial score (nSPS) is 27.8. The first-order valence-electron chi connectivity index (χ1n) is 11.5. The van der Waals surface area contributed by atoms with Crippen molar-refractivity contribution in [3.8, 4) is 0 Å². The predicted molar refractivity (Wildman–Crippen MR) is 113 cm³/mol. The fraction of sp³-hybridized carbons (Fsp3) is 0.760. The van der Waals surface area contributed by atoms with Gasteiger partial charge in [0.05, 0.1) is 0 Å².